The van der Waals surface area contributed by atoms with Crippen LogP contribution in [0.2, 0.25) is 10.0 Å². The van der Waals surface area contributed by atoms with E-state index in [0.29, 0.717) is 15.6 Å². The van der Waals surface area contributed by atoms with Crippen molar-refractivity contribution in [1.29, 1.82) is 0 Å². The van der Waals surface area contributed by atoms with E-state index in [1.54, 1.807) is 18.2 Å². The van der Waals surface area contributed by atoms with Crippen LogP contribution in [0.3, 0.4) is 0 Å². The Morgan fingerprint density at radius 2 is 2.07 bits per heavy atom. The number of nitrogen functional groups attached to an aromatic ring is 1. The highest BCUT2D eigenvalue weighted by Gasteiger charge is 2.45. The van der Waals surface area contributed by atoms with Gasteiger partial charge >= 0.3 is 0 Å². The third kappa shape index (κ3) is 3.67. The maximum Gasteiger partial charge on any atom is 0.228 e. The minimum absolute atomic E-state index is 0.110. The van der Waals surface area contributed by atoms with E-state index < -0.39 is 31.1 Å². The van der Waals surface area contributed by atoms with Gasteiger partial charge in [-0.2, -0.15) is 5.10 Å². The van der Waals surface area contributed by atoms with Crippen LogP contribution in [0.4, 0.5) is 11.8 Å². The van der Waals surface area contributed by atoms with Gasteiger partial charge in [-0.1, -0.05) is 29.3 Å². The Kier molecular flexibility index (Phi) is 5.73. The van der Waals surface area contributed by atoms with Gasteiger partial charge in [0.15, 0.2) is 23.2 Å². The zero-order valence-corrected chi connectivity index (χ0v) is 16.7. The van der Waals surface area contributed by atoms with Crippen molar-refractivity contribution in [2.24, 2.45) is 5.10 Å². The molecule has 6 N–H and O–H groups in total. The summed E-state index contributed by atoms with van der Waals surface area (Å²) < 4.78 is 7.00. The molecule has 0 spiro atoms. The molecule has 13 heteroatoms. The first-order chi connectivity index (χ1) is 14.4. The summed E-state index contributed by atoms with van der Waals surface area (Å²) >= 11 is 12.0. The van der Waals surface area contributed by atoms with E-state index in [1.165, 1.54) is 17.1 Å². The third-order valence-corrected chi connectivity index (χ3v) is 5.17. The van der Waals surface area contributed by atoms with Crippen molar-refractivity contribution in [3.8, 4) is 0 Å². The van der Waals surface area contributed by atoms with E-state index in [9.17, 15) is 15.3 Å². The van der Waals surface area contributed by atoms with E-state index >= 15 is 0 Å². The fourth-order valence-corrected chi connectivity index (χ4v) is 3.56. The van der Waals surface area contributed by atoms with Crippen LogP contribution < -0.4 is 11.2 Å². The van der Waals surface area contributed by atoms with Crippen molar-refractivity contribution in [2.75, 3.05) is 17.8 Å². The second-order valence-electron chi connectivity index (χ2n) is 6.50. The van der Waals surface area contributed by atoms with Crippen LogP contribution >= 0.6 is 23.2 Å². The second-order valence-corrected chi connectivity index (χ2v) is 7.34. The molecule has 0 aliphatic carbocycles. The van der Waals surface area contributed by atoms with E-state index in [4.69, 9.17) is 33.7 Å². The van der Waals surface area contributed by atoms with Gasteiger partial charge in [0.05, 0.1) is 17.8 Å². The van der Waals surface area contributed by atoms with Gasteiger partial charge in [0.2, 0.25) is 5.95 Å². The quantitative estimate of drug-likeness (QED) is 0.277. The number of ether oxygens (including phenoxy) is 1. The van der Waals surface area contributed by atoms with Crippen molar-refractivity contribution in [3.63, 3.8) is 0 Å². The predicted octanol–water partition coefficient (Wildman–Crippen LogP) is 0.773. The van der Waals surface area contributed by atoms with Gasteiger partial charge in [-0.05, 0) is 12.1 Å². The normalized spacial score (nSPS) is 24.2. The summed E-state index contributed by atoms with van der Waals surface area (Å²) in [6.45, 7) is -0.478. The summed E-state index contributed by atoms with van der Waals surface area (Å²) in [6, 6.07) is 4.93. The molecule has 0 amide bonds. The first kappa shape index (κ1) is 20.7. The first-order valence-electron chi connectivity index (χ1n) is 8.75. The zero-order valence-electron chi connectivity index (χ0n) is 15.2. The zero-order chi connectivity index (χ0) is 21.4. The fourth-order valence-electron chi connectivity index (χ4n) is 3.11. The van der Waals surface area contributed by atoms with Crippen molar-refractivity contribution in [1.82, 2.24) is 19.5 Å². The van der Waals surface area contributed by atoms with Crippen LogP contribution in [0, 0.1) is 0 Å². The molecule has 1 aliphatic heterocycles. The second kappa shape index (κ2) is 8.30. The molecule has 1 aliphatic rings. The Balaban J connectivity index is 1.72. The molecule has 158 valence electrons. The number of aliphatic hydroxyl groups is 3. The molecule has 3 aromatic rings. The van der Waals surface area contributed by atoms with Gasteiger partial charge in [0.25, 0.3) is 0 Å². The van der Waals surface area contributed by atoms with Crippen LogP contribution in [0.1, 0.15) is 11.8 Å². The lowest BCUT2D eigenvalue weighted by Crippen LogP contribution is -2.33. The molecule has 1 aromatic carbocycles. The molecule has 0 saturated carbocycles. The van der Waals surface area contributed by atoms with E-state index in [1.807, 2.05) is 0 Å². The number of imidazole rings is 1. The van der Waals surface area contributed by atoms with Crippen LogP contribution in [0.15, 0.2) is 29.6 Å². The van der Waals surface area contributed by atoms with Crippen LogP contribution in [-0.2, 0) is 4.74 Å². The molecule has 4 rings (SSSR count). The SMILES string of the molecule is Nc1ncnc2c1nc(NN=Cc1ccc(Cl)cc1Cl)n2C1OC(CO)C(O)C1O. The summed E-state index contributed by atoms with van der Waals surface area (Å²) in [7, 11) is 0. The molecular formula is C17H17Cl2N7O4. The highest BCUT2D eigenvalue weighted by Crippen LogP contribution is 2.35. The fraction of sp³-hybridized carbons (Fsp3) is 0.294. The maximum atomic E-state index is 10.4. The van der Waals surface area contributed by atoms with Gasteiger partial charge in [0.1, 0.15) is 24.6 Å². The predicted molar refractivity (Wildman–Crippen MR) is 110 cm³/mol. The number of benzene rings is 1. The average Bonchev–Trinajstić information content (AvgIpc) is 3.22. The number of fused-ring (bicyclic) bond motifs is 1. The standard InChI is InChI=1S/C17H17Cl2N7O4/c18-8-2-1-7(9(19)3-8)4-23-25-17-24-11-14(20)21-6-22-15(11)26(17)16-13(29)12(28)10(5-27)30-16/h1-4,6,10,12-13,16,27-29H,5H2,(H,24,25)(H2,20,21,22). The molecule has 30 heavy (non-hydrogen) atoms. The van der Waals surface area contributed by atoms with Gasteiger partial charge in [-0.25, -0.2) is 20.4 Å². The topological polar surface area (TPSA) is 164 Å². The molecule has 1 saturated heterocycles. The Hall–Kier alpha value is -2.54. The number of anilines is 2. The van der Waals surface area contributed by atoms with Gasteiger partial charge < -0.3 is 25.8 Å². The van der Waals surface area contributed by atoms with Crippen molar-refractivity contribution in [3.05, 3.63) is 40.1 Å². The number of hydrazone groups is 1. The number of halogens is 2. The van der Waals surface area contributed by atoms with Gasteiger partial charge in [-0.3, -0.25) is 4.57 Å². The molecular weight excluding hydrogens is 437 g/mol. The van der Waals surface area contributed by atoms with Crippen molar-refractivity contribution < 1.29 is 20.1 Å². The lowest BCUT2D eigenvalue weighted by atomic mass is 10.1. The maximum absolute atomic E-state index is 10.4. The molecule has 0 radical (unpaired) electrons. The van der Waals surface area contributed by atoms with Gasteiger partial charge in [0, 0.05) is 10.6 Å². The molecule has 1 fully saturated rings. The number of aromatic nitrogens is 4. The summed E-state index contributed by atoms with van der Waals surface area (Å²) in [6.07, 6.45) is -2.06. The Labute approximate surface area is 179 Å². The number of rotatable bonds is 5. The minimum Gasteiger partial charge on any atom is -0.394 e. The highest BCUT2D eigenvalue weighted by atomic mass is 35.5. The Bertz CT molecular complexity index is 1110. The average molecular weight is 454 g/mol. The number of hydrogen-bond donors (Lipinski definition) is 5. The van der Waals surface area contributed by atoms with E-state index in [-0.39, 0.29) is 22.9 Å². The molecule has 4 unspecified atom stereocenters. The molecule has 0 bridgehead atoms. The Morgan fingerprint density at radius 1 is 1.27 bits per heavy atom. The molecule has 4 atom stereocenters. The number of hydrogen-bond acceptors (Lipinski definition) is 10. The summed E-state index contributed by atoms with van der Waals surface area (Å²) in [4.78, 5) is 12.4. The van der Waals surface area contributed by atoms with Crippen LogP contribution in [0.5, 0.6) is 0 Å². The summed E-state index contributed by atoms with van der Waals surface area (Å²) in [5, 5.41) is 35.0. The largest absolute Gasteiger partial charge is 0.394 e. The highest BCUT2D eigenvalue weighted by molar-refractivity contribution is 6.36. The van der Waals surface area contributed by atoms with Crippen molar-refractivity contribution in [2.45, 2.75) is 24.5 Å². The summed E-state index contributed by atoms with van der Waals surface area (Å²) in [5.74, 6) is 0.228. The minimum atomic E-state index is -1.36. The Morgan fingerprint density at radius 3 is 2.77 bits per heavy atom. The number of nitrogens with one attached hydrogen (secondary N) is 1. The third-order valence-electron chi connectivity index (χ3n) is 4.61. The number of nitrogens with zero attached hydrogens (tertiary/aromatic N) is 5. The van der Waals surface area contributed by atoms with Crippen molar-refractivity contribution >= 4 is 52.3 Å². The van der Waals surface area contributed by atoms with E-state index in [0.717, 1.165) is 0 Å². The lowest BCUT2D eigenvalue weighted by Gasteiger charge is -2.18. The molecule has 11 nitrogen and oxygen atoms in total. The lowest BCUT2D eigenvalue weighted by molar-refractivity contribution is -0.0501. The number of aliphatic hydroxyl groups excluding tert-OH is 3. The van der Waals surface area contributed by atoms with Crippen LogP contribution in [-0.4, -0.2) is 66.0 Å². The molecule has 2 aromatic heterocycles. The van der Waals surface area contributed by atoms with Crippen LogP contribution in [0.25, 0.3) is 11.2 Å². The van der Waals surface area contributed by atoms with E-state index in [2.05, 4.69) is 25.5 Å². The number of nitrogens with two attached hydrogens (primary N) is 1. The smallest absolute Gasteiger partial charge is 0.228 e. The first-order valence-corrected chi connectivity index (χ1v) is 9.51. The monoisotopic (exact) mass is 453 g/mol. The molecule has 3 heterocycles. The van der Waals surface area contributed by atoms with Gasteiger partial charge in [-0.15, -0.1) is 0 Å². The summed E-state index contributed by atoms with van der Waals surface area (Å²) in [5.41, 5.74) is 9.72.